The summed E-state index contributed by atoms with van der Waals surface area (Å²) in [7, 11) is 0. The van der Waals surface area contributed by atoms with Gasteiger partial charge in [0.1, 0.15) is 0 Å². The molecule has 0 radical (unpaired) electrons. The normalized spacial score (nSPS) is 11.7. The van der Waals surface area contributed by atoms with E-state index in [0.29, 0.717) is 0 Å². The van der Waals surface area contributed by atoms with Crippen molar-refractivity contribution < 1.29 is 0 Å². The van der Waals surface area contributed by atoms with Gasteiger partial charge in [0.2, 0.25) is 0 Å². The van der Waals surface area contributed by atoms with Crippen molar-refractivity contribution in [3.8, 4) is 0 Å². The summed E-state index contributed by atoms with van der Waals surface area (Å²) in [5.41, 5.74) is 12.2. The highest BCUT2D eigenvalue weighted by Gasteiger charge is 2.19. The first kappa shape index (κ1) is 59.3. The zero-order valence-corrected chi connectivity index (χ0v) is 48.5. The predicted molar refractivity (Wildman–Crippen MR) is 343 cm³/mol. The van der Waals surface area contributed by atoms with Crippen molar-refractivity contribution in [2.75, 3.05) is 78.5 Å². The molecule has 0 aromatic heterocycles. The van der Waals surface area contributed by atoms with E-state index < -0.39 is 0 Å². The molecule has 9 aromatic rings. The molecule has 0 saturated heterocycles. The molecule has 0 unspecified atom stereocenters. The van der Waals surface area contributed by atoms with E-state index in [1.54, 1.807) is 0 Å². The number of nitrogens with zero attached hydrogens (tertiary/aromatic N) is 7. The SMILES string of the molecule is c1ccc(CN(CCN(CCN(CCN(Cc2ccccc2)Cc2ccccc2)Cc2ccccc2)Cc2ccccc2)CCN(CCN(CCN(Cc2ccccc2)Cc2ccccc2)Cc2ccccc2)Cc2ccccc2)cc1. The number of hydrogen-bond acceptors (Lipinski definition) is 7. The number of hydrogen-bond donors (Lipinski definition) is 0. The molecular weight excluding hydrogens is 999 g/mol. The van der Waals surface area contributed by atoms with E-state index >= 15 is 0 Å². The van der Waals surface area contributed by atoms with Gasteiger partial charge in [-0.3, -0.25) is 34.3 Å². The molecule has 9 aromatic carbocycles. The molecule has 0 heterocycles. The van der Waals surface area contributed by atoms with Gasteiger partial charge in [-0.15, -0.1) is 0 Å². The lowest BCUT2D eigenvalue weighted by Gasteiger charge is -2.33. The highest BCUT2D eigenvalue weighted by Crippen LogP contribution is 2.17. The van der Waals surface area contributed by atoms with Crippen LogP contribution in [0.25, 0.3) is 0 Å². The average molecular weight is 1090 g/mol. The summed E-state index contributed by atoms with van der Waals surface area (Å²) in [6, 6.07) is 99.5. The van der Waals surface area contributed by atoms with Gasteiger partial charge in [0.15, 0.2) is 0 Å². The Kier molecular flexibility index (Phi) is 24.8. The van der Waals surface area contributed by atoms with Gasteiger partial charge < -0.3 is 0 Å². The molecule has 0 aliphatic heterocycles. The fraction of sp³-hybridized carbons (Fsp3) is 0.280. The highest BCUT2D eigenvalue weighted by molar-refractivity contribution is 5.22. The maximum Gasteiger partial charge on any atom is 0.0237 e. The van der Waals surface area contributed by atoms with Crippen LogP contribution in [0.3, 0.4) is 0 Å². The van der Waals surface area contributed by atoms with Crippen LogP contribution in [0.15, 0.2) is 273 Å². The van der Waals surface area contributed by atoms with Crippen LogP contribution in [0.5, 0.6) is 0 Å². The fourth-order valence-corrected chi connectivity index (χ4v) is 11.0. The Morgan fingerprint density at radius 2 is 0.220 bits per heavy atom. The maximum atomic E-state index is 2.73. The molecule has 0 aliphatic carbocycles. The molecule has 422 valence electrons. The van der Waals surface area contributed by atoms with Gasteiger partial charge in [-0.05, 0) is 50.1 Å². The Labute approximate surface area is 492 Å². The van der Waals surface area contributed by atoms with Gasteiger partial charge in [0, 0.05) is 137 Å². The summed E-state index contributed by atoms with van der Waals surface area (Å²) in [6.45, 7) is 20.0. The van der Waals surface area contributed by atoms with Crippen LogP contribution in [0.1, 0.15) is 50.1 Å². The monoisotopic (exact) mass is 1090 g/mol. The topological polar surface area (TPSA) is 22.7 Å². The third-order valence-corrected chi connectivity index (χ3v) is 15.6. The van der Waals surface area contributed by atoms with Gasteiger partial charge in [0.25, 0.3) is 0 Å². The molecule has 0 N–H and O–H groups in total. The molecule has 0 bridgehead atoms. The van der Waals surface area contributed by atoms with Crippen molar-refractivity contribution in [2.45, 2.75) is 58.9 Å². The lowest BCUT2D eigenvalue weighted by atomic mass is 10.1. The molecule has 0 aliphatic rings. The predicted octanol–water partition coefficient (Wildman–Crippen LogP) is 13.9. The smallest absolute Gasteiger partial charge is 0.0237 e. The molecule has 82 heavy (non-hydrogen) atoms. The molecule has 0 fully saturated rings. The molecule has 7 nitrogen and oxygen atoms in total. The van der Waals surface area contributed by atoms with Crippen LogP contribution in [-0.2, 0) is 58.9 Å². The van der Waals surface area contributed by atoms with Gasteiger partial charge in [0.05, 0.1) is 0 Å². The van der Waals surface area contributed by atoms with Crippen LogP contribution >= 0.6 is 0 Å². The molecule has 0 atom stereocenters. The summed E-state index contributed by atoms with van der Waals surface area (Å²) in [4.78, 5) is 18.8. The number of benzene rings is 9. The minimum absolute atomic E-state index is 0.913. The summed E-state index contributed by atoms with van der Waals surface area (Å²) in [5, 5.41) is 0. The second-order valence-corrected chi connectivity index (χ2v) is 22.2. The summed E-state index contributed by atoms with van der Waals surface area (Å²) in [6.07, 6.45) is 0. The first-order valence-electron chi connectivity index (χ1n) is 30.0. The van der Waals surface area contributed by atoms with E-state index in [4.69, 9.17) is 0 Å². The van der Waals surface area contributed by atoms with E-state index in [-0.39, 0.29) is 0 Å². The van der Waals surface area contributed by atoms with Gasteiger partial charge in [-0.1, -0.05) is 273 Å². The number of rotatable bonds is 36. The molecule has 0 amide bonds. The Morgan fingerprint density at radius 1 is 0.122 bits per heavy atom. The Bertz CT molecular complexity index is 2760. The Hall–Kier alpha value is -7.30. The van der Waals surface area contributed by atoms with E-state index in [1.165, 1.54) is 50.1 Å². The quantitative estimate of drug-likeness (QED) is 0.0386. The lowest BCUT2D eigenvalue weighted by molar-refractivity contribution is 0.132. The molecule has 9 rings (SSSR count). The maximum absolute atomic E-state index is 2.73. The molecule has 0 spiro atoms. The van der Waals surface area contributed by atoms with Crippen molar-refractivity contribution in [3.63, 3.8) is 0 Å². The zero-order chi connectivity index (χ0) is 55.9. The van der Waals surface area contributed by atoms with E-state index in [2.05, 4.69) is 307 Å². The minimum Gasteiger partial charge on any atom is -0.297 e. The first-order valence-corrected chi connectivity index (χ1v) is 30.0. The van der Waals surface area contributed by atoms with Crippen LogP contribution in [0, 0.1) is 0 Å². The lowest BCUT2D eigenvalue weighted by Crippen LogP contribution is -2.43. The van der Waals surface area contributed by atoms with Crippen molar-refractivity contribution >= 4 is 0 Å². The van der Waals surface area contributed by atoms with Crippen LogP contribution in [0.4, 0.5) is 0 Å². The van der Waals surface area contributed by atoms with Crippen molar-refractivity contribution in [1.82, 2.24) is 34.3 Å². The second kappa shape index (κ2) is 34.2. The van der Waals surface area contributed by atoms with E-state index in [9.17, 15) is 0 Å². The molecular formula is C75H87N7. The van der Waals surface area contributed by atoms with Gasteiger partial charge in [-0.2, -0.15) is 0 Å². The zero-order valence-electron chi connectivity index (χ0n) is 48.5. The third kappa shape index (κ3) is 21.9. The minimum atomic E-state index is 0.913. The van der Waals surface area contributed by atoms with Gasteiger partial charge in [-0.25, -0.2) is 0 Å². The Balaban J connectivity index is 0.906. The largest absolute Gasteiger partial charge is 0.297 e. The molecule has 0 saturated carbocycles. The third-order valence-electron chi connectivity index (χ3n) is 15.6. The second-order valence-electron chi connectivity index (χ2n) is 22.2. The van der Waals surface area contributed by atoms with Crippen LogP contribution in [-0.4, -0.2) is 113 Å². The Morgan fingerprint density at radius 3 is 0.341 bits per heavy atom. The van der Waals surface area contributed by atoms with Crippen LogP contribution in [0.2, 0.25) is 0 Å². The summed E-state index contributed by atoms with van der Waals surface area (Å²) in [5.74, 6) is 0. The summed E-state index contributed by atoms with van der Waals surface area (Å²) >= 11 is 0. The molecule has 7 heteroatoms. The van der Waals surface area contributed by atoms with Crippen molar-refractivity contribution in [1.29, 1.82) is 0 Å². The van der Waals surface area contributed by atoms with E-state index in [1.807, 2.05) is 0 Å². The van der Waals surface area contributed by atoms with Crippen LogP contribution < -0.4 is 0 Å². The van der Waals surface area contributed by atoms with Gasteiger partial charge >= 0.3 is 0 Å². The van der Waals surface area contributed by atoms with Crippen molar-refractivity contribution in [2.24, 2.45) is 0 Å². The fourth-order valence-electron chi connectivity index (χ4n) is 11.0. The van der Waals surface area contributed by atoms with Crippen molar-refractivity contribution in [3.05, 3.63) is 323 Å². The highest BCUT2D eigenvalue weighted by atomic mass is 15.3. The summed E-state index contributed by atoms with van der Waals surface area (Å²) < 4.78 is 0. The van der Waals surface area contributed by atoms with E-state index in [0.717, 1.165) is 137 Å². The standard InChI is InChI=1S/C75H87N7/c1-10-28-67(29-11-1)58-76(46-48-77(59-68-30-12-2-13-31-68)50-52-79(61-70-34-16-4-17-35-70)54-56-81(63-72-38-20-6-21-39-72)64-73-40-22-7-23-41-73)47-49-78(60-69-32-14-3-15-33-69)51-53-80(62-71-36-18-5-19-37-71)55-57-82(65-74-42-24-8-25-43-74)66-75-44-26-9-27-45-75/h1-45H,46-66H2. The first-order chi connectivity index (χ1) is 40.6. The average Bonchev–Trinajstić information content (AvgIpc) is 3.53.